The Morgan fingerprint density at radius 2 is 2.05 bits per heavy atom. The first-order valence-electron chi connectivity index (χ1n) is 7.04. The van der Waals surface area contributed by atoms with E-state index in [9.17, 15) is 0 Å². The molecule has 5 heteroatoms. The van der Waals surface area contributed by atoms with E-state index in [-0.39, 0.29) is 6.04 Å². The molecule has 1 unspecified atom stereocenters. The normalized spacial score (nSPS) is 12.6. The van der Waals surface area contributed by atoms with Crippen LogP contribution >= 0.6 is 15.9 Å². The molecule has 0 bridgehead atoms. The predicted octanol–water partition coefficient (Wildman–Crippen LogP) is 3.25. The molecule has 1 atom stereocenters. The Hall–Kier alpha value is -1.20. The lowest BCUT2D eigenvalue weighted by molar-refractivity contribution is 0.465. The smallest absolute Gasteiger partial charge is 0.153 e. The Kier molecular flexibility index (Phi) is 5.73. The maximum Gasteiger partial charge on any atom is 0.153 e. The fourth-order valence-electron chi connectivity index (χ4n) is 2.45. The standard InChI is InChI=1S/C15H21BrN4/c1-3-17-13(14-15(16)18-19-20(14)2)11-7-10-12-8-5-4-6-9-12/h4-6,8-9,13,17H,3,7,10-11H2,1-2H3. The molecule has 0 saturated heterocycles. The molecule has 1 heterocycles. The Labute approximate surface area is 128 Å². The number of aromatic nitrogens is 3. The molecule has 108 valence electrons. The molecular formula is C15H21BrN4. The average molecular weight is 337 g/mol. The van der Waals surface area contributed by atoms with E-state index in [0.29, 0.717) is 0 Å². The number of nitrogens with zero attached hydrogens (tertiary/aromatic N) is 3. The zero-order valence-electron chi connectivity index (χ0n) is 12.0. The highest BCUT2D eigenvalue weighted by molar-refractivity contribution is 9.10. The van der Waals surface area contributed by atoms with Gasteiger partial charge in [0, 0.05) is 7.05 Å². The Balaban J connectivity index is 1.96. The molecule has 1 aromatic heterocycles. The molecule has 0 aliphatic carbocycles. The Morgan fingerprint density at radius 1 is 1.30 bits per heavy atom. The number of aryl methyl sites for hydroxylation is 2. The van der Waals surface area contributed by atoms with E-state index >= 15 is 0 Å². The molecule has 20 heavy (non-hydrogen) atoms. The van der Waals surface area contributed by atoms with Crippen LogP contribution in [0.25, 0.3) is 0 Å². The van der Waals surface area contributed by atoms with E-state index in [1.54, 1.807) is 0 Å². The zero-order chi connectivity index (χ0) is 14.4. The van der Waals surface area contributed by atoms with Crippen molar-refractivity contribution in [1.29, 1.82) is 0 Å². The lowest BCUT2D eigenvalue weighted by atomic mass is 10.0. The SMILES string of the molecule is CCNC(CCCc1ccccc1)c1c(Br)nnn1C. The minimum absolute atomic E-state index is 0.290. The van der Waals surface area contributed by atoms with Gasteiger partial charge in [-0.2, -0.15) is 0 Å². The summed E-state index contributed by atoms with van der Waals surface area (Å²) in [6.45, 7) is 3.07. The van der Waals surface area contributed by atoms with Crippen molar-refractivity contribution >= 4 is 15.9 Å². The van der Waals surface area contributed by atoms with Crippen molar-refractivity contribution in [2.75, 3.05) is 6.54 Å². The molecule has 0 aliphatic heterocycles. The van der Waals surface area contributed by atoms with E-state index in [4.69, 9.17) is 0 Å². The van der Waals surface area contributed by atoms with Gasteiger partial charge in [0.25, 0.3) is 0 Å². The van der Waals surface area contributed by atoms with Gasteiger partial charge in [0.2, 0.25) is 0 Å². The van der Waals surface area contributed by atoms with Gasteiger partial charge in [-0.1, -0.05) is 42.5 Å². The fraction of sp³-hybridized carbons (Fsp3) is 0.467. The molecule has 2 rings (SSSR count). The molecule has 0 amide bonds. The van der Waals surface area contributed by atoms with Gasteiger partial charge < -0.3 is 5.32 Å². The van der Waals surface area contributed by atoms with Crippen LogP contribution in [0.1, 0.15) is 37.1 Å². The van der Waals surface area contributed by atoms with Gasteiger partial charge in [0.1, 0.15) is 0 Å². The average Bonchev–Trinajstić information content (AvgIpc) is 2.79. The van der Waals surface area contributed by atoms with Crippen molar-refractivity contribution in [2.45, 2.75) is 32.2 Å². The Morgan fingerprint density at radius 3 is 2.65 bits per heavy atom. The second kappa shape index (κ2) is 7.55. The van der Waals surface area contributed by atoms with Crippen LogP contribution in [0.5, 0.6) is 0 Å². The molecular weight excluding hydrogens is 316 g/mol. The van der Waals surface area contributed by atoms with Gasteiger partial charge in [0.05, 0.1) is 11.7 Å². The topological polar surface area (TPSA) is 42.7 Å². The molecule has 0 fully saturated rings. The van der Waals surface area contributed by atoms with E-state index in [1.807, 2.05) is 11.7 Å². The molecule has 2 aromatic rings. The third-order valence-corrected chi connectivity index (χ3v) is 3.97. The van der Waals surface area contributed by atoms with Crippen LogP contribution in [0, 0.1) is 0 Å². The highest BCUT2D eigenvalue weighted by atomic mass is 79.9. The van der Waals surface area contributed by atoms with Crippen LogP contribution in [0.15, 0.2) is 34.9 Å². The van der Waals surface area contributed by atoms with Gasteiger partial charge in [-0.3, -0.25) is 0 Å². The highest BCUT2D eigenvalue weighted by Gasteiger charge is 2.18. The van der Waals surface area contributed by atoms with Crippen molar-refractivity contribution < 1.29 is 0 Å². The van der Waals surface area contributed by atoms with Gasteiger partial charge in [-0.05, 0) is 47.3 Å². The molecule has 0 aliphatic rings. The Bertz CT molecular complexity index is 504. The summed E-state index contributed by atoms with van der Waals surface area (Å²) in [5.41, 5.74) is 2.52. The van der Waals surface area contributed by atoms with Gasteiger partial charge in [-0.25, -0.2) is 4.68 Å². The fourth-order valence-corrected chi connectivity index (χ4v) is 3.05. The van der Waals surface area contributed by atoms with Crippen molar-refractivity contribution in [3.05, 3.63) is 46.2 Å². The minimum Gasteiger partial charge on any atom is -0.309 e. The molecule has 0 saturated carbocycles. The third kappa shape index (κ3) is 3.90. The van der Waals surface area contributed by atoms with E-state index < -0.39 is 0 Å². The van der Waals surface area contributed by atoms with E-state index in [2.05, 4.69) is 68.8 Å². The van der Waals surface area contributed by atoms with E-state index in [1.165, 1.54) is 5.56 Å². The maximum absolute atomic E-state index is 4.08. The summed E-state index contributed by atoms with van der Waals surface area (Å²) in [5.74, 6) is 0. The van der Waals surface area contributed by atoms with Gasteiger partial charge in [0.15, 0.2) is 4.60 Å². The first-order valence-corrected chi connectivity index (χ1v) is 7.84. The van der Waals surface area contributed by atoms with E-state index in [0.717, 1.165) is 36.1 Å². The number of hydrogen-bond acceptors (Lipinski definition) is 3. The molecule has 4 nitrogen and oxygen atoms in total. The second-order valence-corrected chi connectivity index (χ2v) is 5.63. The van der Waals surface area contributed by atoms with Crippen LogP contribution in [0.3, 0.4) is 0 Å². The van der Waals surface area contributed by atoms with Crippen LogP contribution in [0.4, 0.5) is 0 Å². The number of benzene rings is 1. The van der Waals surface area contributed by atoms with Gasteiger partial charge >= 0.3 is 0 Å². The first kappa shape index (κ1) is 15.2. The van der Waals surface area contributed by atoms with Crippen LogP contribution in [0.2, 0.25) is 0 Å². The number of halogens is 1. The van der Waals surface area contributed by atoms with Crippen molar-refractivity contribution in [3.8, 4) is 0 Å². The monoisotopic (exact) mass is 336 g/mol. The van der Waals surface area contributed by atoms with Crippen LogP contribution < -0.4 is 5.32 Å². The second-order valence-electron chi connectivity index (χ2n) is 4.88. The molecule has 0 spiro atoms. The first-order chi connectivity index (χ1) is 9.72. The zero-order valence-corrected chi connectivity index (χ0v) is 13.6. The highest BCUT2D eigenvalue weighted by Crippen LogP contribution is 2.24. The summed E-state index contributed by atoms with van der Waals surface area (Å²) >= 11 is 3.49. The quantitative estimate of drug-likeness (QED) is 0.843. The lowest BCUT2D eigenvalue weighted by Gasteiger charge is -2.18. The number of rotatable bonds is 7. The lowest BCUT2D eigenvalue weighted by Crippen LogP contribution is -2.23. The van der Waals surface area contributed by atoms with Crippen molar-refractivity contribution in [2.24, 2.45) is 7.05 Å². The largest absolute Gasteiger partial charge is 0.309 e. The molecule has 1 N–H and O–H groups in total. The minimum atomic E-state index is 0.290. The number of hydrogen-bond donors (Lipinski definition) is 1. The predicted molar refractivity (Wildman–Crippen MR) is 84.5 cm³/mol. The molecule has 0 radical (unpaired) electrons. The maximum atomic E-state index is 4.08. The molecule has 1 aromatic carbocycles. The van der Waals surface area contributed by atoms with Crippen LogP contribution in [-0.4, -0.2) is 21.5 Å². The summed E-state index contributed by atoms with van der Waals surface area (Å²) in [5, 5.41) is 11.7. The van der Waals surface area contributed by atoms with Gasteiger partial charge in [-0.15, -0.1) is 5.10 Å². The third-order valence-electron chi connectivity index (χ3n) is 3.41. The summed E-state index contributed by atoms with van der Waals surface area (Å²) in [6.07, 6.45) is 3.31. The summed E-state index contributed by atoms with van der Waals surface area (Å²) < 4.78 is 2.69. The van der Waals surface area contributed by atoms with Crippen molar-refractivity contribution in [1.82, 2.24) is 20.3 Å². The summed E-state index contributed by atoms with van der Waals surface area (Å²) in [7, 11) is 1.94. The van der Waals surface area contributed by atoms with Crippen LogP contribution in [-0.2, 0) is 13.5 Å². The summed E-state index contributed by atoms with van der Waals surface area (Å²) in [4.78, 5) is 0. The van der Waals surface area contributed by atoms with Crippen molar-refractivity contribution in [3.63, 3.8) is 0 Å². The number of nitrogens with one attached hydrogen (secondary N) is 1. The summed E-state index contributed by atoms with van der Waals surface area (Å²) in [6, 6.07) is 10.9.